The number of nitrogens with two attached hydrogens (primary N) is 1. The van der Waals surface area contributed by atoms with Gasteiger partial charge in [-0.25, -0.2) is 0 Å². The molecule has 1 fully saturated rings. The fourth-order valence-corrected chi connectivity index (χ4v) is 2.26. The van der Waals surface area contributed by atoms with Gasteiger partial charge in [0.25, 0.3) is 0 Å². The summed E-state index contributed by atoms with van der Waals surface area (Å²) in [6.45, 7) is 4.45. The van der Waals surface area contributed by atoms with E-state index in [1.807, 2.05) is 6.92 Å². The number of likely N-dealkylation sites (N-methyl/N-ethyl adjacent to an activating group) is 1. The number of hydrogen-bond donors (Lipinski definition) is 2. The van der Waals surface area contributed by atoms with Crippen LogP contribution in [0.2, 0.25) is 0 Å². The van der Waals surface area contributed by atoms with Gasteiger partial charge < -0.3 is 16.0 Å². The first-order valence-electron chi connectivity index (χ1n) is 6.87. The first-order valence-corrected chi connectivity index (χ1v) is 6.87. The number of nitrogens with zero attached hydrogens (tertiary/aromatic N) is 2. The van der Waals surface area contributed by atoms with Gasteiger partial charge >= 0.3 is 0 Å². The van der Waals surface area contributed by atoms with Crippen molar-refractivity contribution in [2.75, 3.05) is 40.3 Å². The van der Waals surface area contributed by atoms with Gasteiger partial charge in [0.05, 0.1) is 12.5 Å². The molecule has 110 valence electrons. The quantitative estimate of drug-likeness (QED) is 0.689. The second kappa shape index (κ2) is 7.45. The Bertz CT molecular complexity index is 314. The molecule has 0 aromatic rings. The Morgan fingerprint density at radius 1 is 1.42 bits per heavy atom. The van der Waals surface area contributed by atoms with Crippen LogP contribution in [0.15, 0.2) is 0 Å². The standard InChI is InChI=1S/C13H26N4O2/c1-10(13(19)15-2)8-16(3)12(18)9-17-6-4-11(14)5-7-17/h10-11H,4-9,14H2,1-3H3,(H,15,19). The summed E-state index contributed by atoms with van der Waals surface area (Å²) in [5.74, 6) is -0.163. The largest absolute Gasteiger partial charge is 0.359 e. The molecule has 0 saturated carbocycles. The molecule has 0 aliphatic carbocycles. The summed E-state index contributed by atoms with van der Waals surface area (Å²) in [6, 6.07) is 0.275. The molecule has 3 N–H and O–H groups in total. The summed E-state index contributed by atoms with van der Waals surface area (Å²) >= 11 is 0. The van der Waals surface area contributed by atoms with E-state index in [2.05, 4.69) is 10.2 Å². The van der Waals surface area contributed by atoms with Crippen molar-refractivity contribution in [3.8, 4) is 0 Å². The number of piperidine rings is 1. The van der Waals surface area contributed by atoms with Crippen LogP contribution in [0.1, 0.15) is 19.8 Å². The van der Waals surface area contributed by atoms with Crippen LogP contribution in [0.4, 0.5) is 0 Å². The minimum Gasteiger partial charge on any atom is -0.359 e. The number of amides is 2. The third-order valence-corrected chi connectivity index (χ3v) is 3.66. The van der Waals surface area contributed by atoms with Gasteiger partial charge in [0.15, 0.2) is 0 Å². The lowest BCUT2D eigenvalue weighted by Gasteiger charge is -2.31. The topological polar surface area (TPSA) is 78.7 Å². The van der Waals surface area contributed by atoms with E-state index in [0.717, 1.165) is 25.9 Å². The molecule has 1 rings (SSSR count). The van der Waals surface area contributed by atoms with E-state index in [1.165, 1.54) is 0 Å². The number of nitrogens with one attached hydrogen (secondary N) is 1. The highest BCUT2D eigenvalue weighted by atomic mass is 16.2. The lowest BCUT2D eigenvalue weighted by Crippen LogP contribution is -2.46. The van der Waals surface area contributed by atoms with Gasteiger partial charge in [0.1, 0.15) is 0 Å². The van der Waals surface area contributed by atoms with Crippen LogP contribution in [-0.4, -0.2) is 67.9 Å². The summed E-state index contributed by atoms with van der Waals surface area (Å²) in [5, 5.41) is 2.59. The van der Waals surface area contributed by atoms with Crippen molar-refractivity contribution >= 4 is 11.8 Å². The maximum atomic E-state index is 12.1. The zero-order chi connectivity index (χ0) is 14.4. The van der Waals surface area contributed by atoms with E-state index >= 15 is 0 Å². The smallest absolute Gasteiger partial charge is 0.236 e. The fourth-order valence-electron chi connectivity index (χ4n) is 2.26. The van der Waals surface area contributed by atoms with Crippen molar-refractivity contribution in [1.29, 1.82) is 0 Å². The van der Waals surface area contributed by atoms with Crippen molar-refractivity contribution in [3.05, 3.63) is 0 Å². The van der Waals surface area contributed by atoms with E-state index < -0.39 is 0 Å². The third-order valence-electron chi connectivity index (χ3n) is 3.66. The van der Waals surface area contributed by atoms with Gasteiger partial charge in [-0.3, -0.25) is 14.5 Å². The van der Waals surface area contributed by atoms with E-state index in [0.29, 0.717) is 13.1 Å². The molecule has 0 aromatic heterocycles. The molecule has 1 aliphatic heterocycles. The predicted octanol–water partition coefficient (Wildman–Crippen LogP) is -0.750. The zero-order valence-electron chi connectivity index (χ0n) is 12.2. The highest BCUT2D eigenvalue weighted by Crippen LogP contribution is 2.08. The zero-order valence-corrected chi connectivity index (χ0v) is 12.2. The van der Waals surface area contributed by atoms with E-state index in [-0.39, 0.29) is 23.8 Å². The third kappa shape index (κ3) is 5.16. The number of rotatable bonds is 5. The Labute approximate surface area is 115 Å². The minimum atomic E-state index is -0.186. The van der Waals surface area contributed by atoms with Crippen molar-refractivity contribution < 1.29 is 9.59 Å². The molecule has 19 heavy (non-hydrogen) atoms. The predicted molar refractivity (Wildman–Crippen MR) is 74.5 cm³/mol. The van der Waals surface area contributed by atoms with Gasteiger partial charge in [0, 0.05) is 39.8 Å². The molecule has 1 aliphatic rings. The van der Waals surface area contributed by atoms with E-state index in [9.17, 15) is 9.59 Å². The summed E-state index contributed by atoms with van der Waals surface area (Å²) in [7, 11) is 3.36. The Kier molecular flexibility index (Phi) is 6.24. The molecule has 2 amide bonds. The van der Waals surface area contributed by atoms with Crippen LogP contribution in [0.5, 0.6) is 0 Å². The number of hydrogen-bond acceptors (Lipinski definition) is 4. The van der Waals surface area contributed by atoms with Gasteiger partial charge in [0.2, 0.25) is 11.8 Å². The number of carbonyl (C=O) groups is 2. The maximum Gasteiger partial charge on any atom is 0.236 e. The van der Waals surface area contributed by atoms with Crippen molar-refractivity contribution in [3.63, 3.8) is 0 Å². The van der Waals surface area contributed by atoms with Crippen LogP contribution in [-0.2, 0) is 9.59 Å². The summed E-state index contributed by atoms with van der Waals surface area (Å²) < 4.78 is 0. The second-order valence-corrected chi connectivity index (χ2v) is 5.40. The highest BCUT2D eigenvalue weighted by molar-refractivity contribution is 5.81. The number of likely N-dealkylation sites (tertiary alicyclic amines) is 1. The summed E-state index contributed by atoms with van der Waals surface area (Å²) in [5.41, 5.74) is 5.84. The van der Waals surface area contributed by atoms with Crippen molar-refractivity contribution in [2.45, 2.75) is 25.8 Å². The average Bonchev–Trinajstić information content (AvgIpc) is 2.40. The van der Waals surface area contributed by atoms with E-state index in [1.54, 1.807) is 19.0 Å². The Morgan fingerprint density at radius 2 is 2.00 bits per heavy atom. The lowest BCUT2D eigenvalue weighted by atomic mass is 10.1. The maximum absolute atomic E-state index is 12.1. The molecule has 1 unspecified atom stereocenters. The molecule has 0 spiro atoms. The Morgan fingerprint density at radius 3 is 2.53 bits per heavy atom. The molecule has 1 atom stereocenters. The van der Waals surface area contributed by atoms with Crippen molar-refractivity contribution in [2.24, 2.45) is 11.7 Å². The van der Waals surface area contributed by atoms with Crippen LogP contribution in [0.3, 0.4) is 0 Å². The SMILES string of the molecule is CNC(=O)C(C)CN(C)C(=O)CN1CCC(N)CC1. The molecular formula is C13H26N4O2. The minimum absolute atomic E-state index is 0.0383. The molecule has 6 nitrogen and oxygen atoms in total. The van der Waals surface area contributed by atoms with Crippen LogP contribution >= 0.6 is 0 Å². The first kappa shape index (κ1) is 15.9. The van der Waals surface area contributed by atoms with Crippen LogP contribution in [0.25, 0.3) is 0 Å². The van der Waals surface area contributed by atoms with Gasteiger partial charge in [-0.05, 0) is 12.8 Å². The molecule has 0 aromatic carbocycles. The summed E-state index contributed by atoms with van der Waals surface area (Å²) in [6.07, 6.45) is 1.90. The summed E-state index contributed by atoms with van der Waals surface area (Å²) in [4.78, 5) is 27.2. The molecule has 1 saturated heterocycles. The lowest BCUT2D eigenvalue weighted by molar-refractivity contribution is -0.133. The van der Waals surface area contributed by atoms with Gasteiger partial charge in [-0.15, -0.1) is 0 Å². The van der Waals surface area contributed by atoms with Crippen molar-refractivity contribution in [1.82, 2.24) is 15.1 Å². The number of carbonyl (C=O) groups excluding carboxylic acids is 2. The monoisotopic (exact) mass is 270 g/mol. The Balaban J connectivity index is 2.34. The van der Waals surface area contributed by atoms with Gasteiger partial charge in [-0.2, -0.15) is 0 Å². The molecule has 1 heterocycles. The molecule has 0 bridgehead atoms. The fraction of sp³-hybridized carbons (Fsp3) is 0.846. The van der Waals surface area contributed by atoms with E-state index in [4.69, 9.17) is 5.73 Å². The average molecular weight is 270 g/mol. The Hall–Kier alpha value is -1.14. The van der Waals surface area contributed by atoms with Crippen LogP contribution in [0, 0.1) is 5.92 Å². The van der Waals surface area contributed by atoms with Crippen LogP contribution < -0.4 is 11.1 Å². The molecular weight excluding hydrogens is 244 g/mol. The first-order chi connectivity index (χ1) is 8.93. The second-order valence-electron chi connectivity index (χ2n) is 5.40. The normalized spacial score (nSPS) is 18.9. The highest BCUT2D eigenvalue weighted by Gasteiger charge is 2.21. The molecule has 0 radical (unpaired) electrons. The van der Waals surface area contributed by atoms with Gasteiger partial charge in [-0.1, -0.05) is 6.92 Å². The molecule has 6 heteroatoms.